The molecule has 1 heterocycles. The maximum Gasteiger partial charge on any atom is 0.328 e. The van der Waals surface area contributed by atoms with Crippen molar-refractivity contribution in [1.82, 2.24) is 4.90 Å². The van der Waals surface area contributed by atoms with Gasteiger partial charge >= 0.3 is 12.0 Å². The van der Waals surface area contributed by atoms with Gasteiger partial charge in [-0.25, -0.2) is 9.59 Å². The largest absolute Gasteiger partial charge is 0.478 e. The summed E-state index contributed by atoms with van der Waals surface area (Å²) >= 11 is 15.5. The SMILES string of the molecule is O=C(O)/C=C1\CN(Cc2ccc(Cl)cc2Cl)C(=O)N(c2ccc(Br)cc2)C1. The zero-order valence-electron chi connectivity index (χ0n) is 14.0. The van der Waals surface area contributed by atoms with Crippen LogP contribution in [0.1, 0.15) is 5.56 Å². The van der Waals surface area contributed by atoms with Crippen molar-refractivity contribution in [3.05, 3.63) is 74.2 Å². The Kier molecular flexibility index (Phi) is 6.09. The number of hydrogen-bond donors (Lipinski definition) is 1. The number of urea groups is 1. The fraction of sp³-hybridized carbons (Fsp3) is 0.158. The number of aliphatic carboxylic acids is 1. The van der Waals surface area contributed by atoms with Crippen molar-refractivity contribution in [2.75, 3.05) is 18.0 Å². The van der Waals surface area contributed by atoms with Crippen LogP contribution in [0.5, 0.6) is 0 Å². The summed E-state index contributed by atoms with van der Waals surface area (Å²) in [6.45, 7) is 0.688. The summed E-state index contributed by atoms with van der Waals surface area (Å²) in [6.07, 6.45) is 1.15. The molecule has 0 aromatic heterocycles. The number of carbonyl (C=O) groups is 2. The maximum absolute atomic E-state index is 13.0. The molecular weight excluding hydrogens is 455 g/mol. The molecule has 1 aliphatic heterocycles. The predicted octanol–water partition coefficient (Wildman–Crippen LogP) is 5.21. The minimum absolute atomic E-state index is 0.217. The second-order valence-corrected chi connectivity index (χ2v) is 7.84. The minimum atomic E-state index is -1.04. The zero-order chi connectivity index (χ0) is 19.6. The van der Waals surface area contributed by atoms with Crippen LogP contribution in [0.25, 0.3) is 0 Å². The number of halogens is 3. The zero-order valence-corrected chi connectivity index (χ0v) is 17.1. The van der Waals surface area contributed by atoms with Crippen LogP contribution < -0.4 is 4.90 Å². The van der Waals surface area contributed by atoms with E-state index in [9.17, 15) is 9.59 Å². The molecule has 5 nitrogen and oxygen atoms in total. The van der Waals surface area contributed by atoms with Crippen molar-refractivity contribution in [1.29, 1.82) is 0 Å². The molecule has 0 radical (unpaired) electrons. The second-order valence-electron chi connectivity index (χ2n) is 6.08. The highest BCUT2D eigenvalue weighted by Gasteiger charge is 2.30. The first-order chi connectivity index (χ1) is 12.8. The number of carboxylic acid groups (broad SMARTS) is 1. The van der Waals surface area contributed by atoms with Gasteiger partial charge in [0.25, 0.3) is 0 Å². The van der Waals surface area contributed by atoms with E-state index >= 15 is 0 Å². The number of hydrogen-bond acceptors (Lipinski definition) is 2. The number of nitrogens with zero attached hydrogens (tertiary/aromatic N) is 2. The molecular formula is C19H15BrCl2N2O3. The summed E-state index contributed by atoms with van der Waals surface area (Å²) in [4.78, 5) is 27.3. The lowest BCUT2D eigenvalue weighted by Crippen LogP contribution is -2.50. The summed E-state index contributed by atoms with van der Waals surface area (Å²) in [5, 5.41) is 10.1. The fourth-order valence-corrected chi connectivity index (χ4v) is 3.60. The lowest BCUT2D eigenvalue weighted by molar-refractivity contribution is -0.131. The number of benzene rings is 2. The van der Waals surface area contributed by atoms with Gasteiger partial charge in [0.1, 0.15) is 0 Å². The molecule has 3 rings (SSSR count). The molecule has 1 aliphatic rings. The molecule has 0 aliphatic carbocycles. The molecule has 1 fully saturated rings. The Hall–Kier alpha value is -2.02. The first-order valence-electron chi connectivity index (χ1n) is 8.02. The van der Waals surface area contributed by atoms with Gasteiger partial charge < -0.3 is 10.0 Å². The topological polar surface area (TPSA) is 60.9 Å². The van der Waals surface area contributed by atoms with Gasteiger partial charge in [-0.1, -0.05) is 45.2 Å². The van der Waals surface area contributed by atoms with Crippen LogP contribution in [0.2, 0.25) is 10.0 Å². The van der Waals surface area contributed by atoms with Crippen molar-refractivity contribution in [3.63, 3.8) is 0 Å². The summed E-state index contributed by atoms with van der Waals surface area (Å²) in [5.41, 5.74) is 2.04. The average molecular weight is 470 g/mol. The van der Waals surface area contributed by atoms with Crippen LogP contribution in [-0.4, -0.2) is 35.1 Å². The van der Waals surface area contributed by atoms with E-state index in [1.165, 1.54) is 0 Å². The number of anilines is 1. The minimum Gasteiger partial charge on any atom is -0.478 e. The molecule has 1 saturated heterocycles. The highest BCUT2D eigenvalue weighted by atomic mass is 79.9. The van der Waals surface area contributed by atoms with E-state index in [4.69, 9.17) is 28.3 Å². The number of rotatable bonds is 4. The van der Waals surface area contributed by atoms with Gasteiger partial charge in [-0.2, -0.15) is 0 Å². The van der Waals surface area contributed by atoms with Crippen molar-refractivity contribution in [2.24, 2.45) is 0 Å². The number of carboxylic acids is 1. The van der Waals surface area contributed by atoms with Crippen LogP contribution in [0.15, 0.2) is 58.6 Å². The normalized spacial score (nSPS) is 16.1. The fourth-order valence-electron chi connectivity index (χ4n) is 2.87. The summed E-state index contributed by atoms with van der Waals surface area (Å²) < 4.78 is 0.891. The number of amides is 2. The molecule has 0 atom stereocenters. The van der Waals surface area contributed by atoms with Crippen LogP contribution in [0, 0.1) is 0 Å². The molecule has 8 heteroatoms. The van der Waals surface area contributed by atoms with Crippen LogP contribution in [-0.2, 0) is 11.3 Å². The highest BCUT2D eigenvalue weighted by Crippen LogP contribution is 2.27. The van der Waals surface area contributed by atoms with E-state index in [0.29, 0.717) is 21.3 Å². The molecule has 140 valence electrons. The Balaban J connectivity index is 1.92. The van der Waals surface area contributed by atoms with Crippen molar-refractivity contribution in [2.45, 2.75) is 6.54 Å². The van der Waals surface area contributed by atoms with E-state index in [1.54, 1.807) is 40.1 Å². The summed E-state index contributed by atoms with van der Waals surface area (Å²) in [7, 11) is 0. The molecule has 2 aromatic carbocycles. The smallest absolute Gasteiger partial charge is 0.328 e. The molecule has 0 bridgehead atoms. The van der Waals surface area contributed by atoms with Gasteiger partial charge in [-0.15, -0.1) is 0 Å². The van der Waals surface area contributed by atoms with E-state index in [0.717, 1.165) is 16.1 Å². The lowest BCUT2D eigenvalue weighted by Gasteiger charge is -2.37. The van der Waals surface area contributed by atoms with Gasteiger partial charge in [0.05, 0.1) is 6.54 Å². The van der Waals surface area contributed by atoms with E-state index in [1.807, 2.05) is 12.1 Å². The van der Waals surface area contributed by atoms with Crippen molar-refractivity contribution < 1.29 is 14.7 Å². The van der Waals surface area contributed by atoms with Gasteiger partial charge in [0.2, 0.25) is 0 Å². The average Bonchev–Trinajstić information content (AvgIpc) is 2.60. The Labute approximate surface area is 174 Å². The van der Waals surface area contributed by atoms with E-state index in [-0.39, 0.29) is 25.7 Å². The Morgan fingerprint density at radius 1 is 1.15 bits per heavy atom. The van der Waals surface area contributed by atoms with Crippen molar-refractivity contribution >= 4 is 56.8 Å². The summed E-state index contributed by atoms with van der Waals surface area (Å²) in [6, 6.07) is 12.1. The molecule has 0 unspecified atom stereocenters. The van der Waals surface area contributed by atoms with Crippen LogP contribution >= 0.6 is 39.1 Å². The molecule has 2 amide bonds. The van der Waals surface area contributed by atoms with Crippen LogP contribution in [0.3, 0.4) is 0 Å². The van der Waals surface area contributed by atoms with Crippen LogP contribution in [0.4, 0.5) is 10.5 Å². The first kappa shape index (κ1) is 19.7. The van der Waals surface area contributed by atoms with E-state index < -0.39 is 5.97 Å². The van der Waals surface area contributed by atoms with Crippen molar-refractivity contribution in [3.8, 4) is 0 Å². The lowest BCUT2D eigenvalue weighted by atomic mass is 10.1. The molecule has 2 aromatic rings. The third-order valence-electron chi connectivity index (χ3n) is 4.10. The molecule has 0 spiro atoms. The Morgan fingerprint density at radius 2 is 1.85 bits per heavy atom. The van der Waals surface area contributed by atoms with Gasteiger partial charge in [-0.3, -0.25) is 4.90 Å². The van der Waals surface area contributed by atoms with E-state index in [2.05, 4.69) is 15.9 Å². The standard InChI is InChI=1S/C19H15BrCl2N2O3/c20-14-2-5-16(6-3-14)24-10-12(7-18(25)26)9-23(19(24)27)11-13-1-4-15(21)8-17(13)22/h1-8H,9-11H2,(H,25,26)/b12-7+. The third kappa shape index (κ3) is 4.83. The second kappa shape index (κ2) is 8.33. The third-order valence-corrected chi connectivity index (χ3v) is 5.21. The molecule has 27 heavy (non-hydrogen) atoms. The van der Waals surface area contributed by atoms with Gasteiger partial charge in [-0.05, 0) is 47.5 Å². The quantitative estimate of drug-likeness (QED) is 0.625. The summed E-state index contributed by atoms with van der Waals surface area (Å²) in [5.74, 6) is -1.04. The molecule has 1 N–H and O–H groups in total. The van der Waals surface area contributed by atoms with Gasteiger partial charge in [0, 0.05) is 39.4 Å². The Morgan fingerprint density at radius 3 is 2.48 bits per heavy atom. The predicted molar refractivity (Wildman–Crippen MR) is 109 cm³/mol. The Bertz CT molecular complexity index is 916. The number of carbonyl (C=O) groups excluding carboxylic acids is 1. The monoisotopic (exact) mass is 468 g/mol. The highest BCUT2D eigenvalue weighted by molar-refractivity contribution is 9.10. The van der Waals surface area contributed by atoms with Gasteiger partial charge in [0.15, 0.2) is 0 Å². The maximum atomic E-state index is 13.0. The molecule has 0 saturated carbocycles. The first-order valence-corrected chi connectivity index (χ1v) is 9.56.